The zero-order valence-electron chi connectivity index (χ0n) is 10.0. The van der Waals surface area contributed by atoms with Crippen molar-refractivity contribution in [2.75, 3.05) is 5.32 Å². The first-order chi connectivity index (χ1) is 8.95. The third-order valence-electron chi connectivity index (χ3n) is 2.55. The lowest BCUT2D eigenvalue weighted by Gasteiger charge is -2.07. The molecular weight excluding hydrogens is 272 g/mol. The van der Waals surface area contributed by atoms with Crippen molar-refractivity contribution in [2.45, 2.75) is 6.92 Å². The van der Waals surface area contributed by atoms with E-state index in [-0.39, 0.29) is 5.56 Å². The van der Waals surface area contributed by atoms with Crippen LogP contribution in [0.4, 0.5) is 14.5 Å². The molecule has 0 radical (unpaired) electrons. The number of benzene rings is 2. The first kappa shape index (κ1) is 13.5. The lowest BCUT2D eigenvalue weighted by Crippen LogP contribution is -2.12. The lowest BCUT2D eigenvalue weighted by molar-refractivity contribution is 0.102. The molecule has 2 rings (SSSR count). The zero-order valence-corrected chi connectivity index (χ0v) is 10.8. The van der Waals surface area contributed by atoms with Crippen LogP contribution in [0.5, 0.6) is 0 Å². The molecular formula is C14H10ClF2NO. The second-order valence-corrected chi connectivity index (χ2v) is 4.48. The van der Waals surface area contributed by atoms with Gasteiger partial charge in [0.05, 0.1) is 0 Å². The van der Waals surface area contributed by atoms with Crippen molar-refractivity contribution in [2.24, 2.45) is 0 Å². The fraction of sp³-hybridized carbons (Fsp3) is 0.0714. The van der Waals surface area contributed by atoms with Crippen LogP contribution in [-0.4, -0.2) is 5.91 Å². The van der Waals surface area contributed by atoms with Crippen LogP contribution in [0.25, 0.3) is 0 Å². The quantitative estimate of drug-likeness (QED) is 0.879. The summed E-state index contributed by atoms with van der Waals surface area (Å²) in [6.45, 7) is 1.83. The Bertz CT molecular complexity index is 623. The minimum absolute atomic E-state index is 0.0887. The highest BCUT2D eigenvalue weighted by atomic mass is 35.5. The van der Waals surface area contributed by atoms with E-state index >= 15 is 0 Å². The molecule has 0 aliphatic rings. The summed E-state index contributed by atoms with van der Waals surface area (Å²) in [7, 11) is 0. The van der Waals surface area contributed by atoms with E-state index in [4.69, 9.17) is 11.6 Å². The van der Waals surface area contributed by atoms with E-state index in [2.05, 4.69) is 5.32 Å². The number of aryl methyl sites for hydroxylation is 1. The van der Waals surface area contributed by atoms with Crippen LogP contribution in [0.1, 0.15) is 15.9 Å². The third kappa shape index (κ3) is 3.29. The molecule has 98 valence electrons. The first-order valence-corrected chi connectivity index (χ1v) is 5.87. The molecule has 0 heterocycles. The van der Waals surface area contributed by atoms with Crippen LogP contribution in [0.15, 0.2) is 36.4 Å². The van der Waals surface area contributed by atoms with E-state index in [0.29, 0.717) is 16.8 Å². The fourth-order valence-electron chi connectivity index (χ4n) is 1.56. The molecule has 2 aromatic carbocycles. The molecule has 1 amide bonds. The standard InChI is InChI=1S/C14H10ClF2NO/c1-8-2-3-12(7-13(8)15)18-14(19)9-4-10(16)6-11(17)5-9/h2-7H,1H3,(H,18,19). The van der Waals surface area contributed by atoms with Crippen LogP contribution in [0.2, 0.25) is 5.02 Å². The molecule has 5 heteroatoms. The van der Waals surface area contributed by atoms with Gasteiger partial charge in [-0.15, -0.1) is 0 Å². The van der Waals surface area contributed by atoms with Gasteiger partial charge in [-0.1, -0.05) is 17.7 Å². The number of rotatable bonds is 2. The van der Waals surface area contributed by atoms with E-state index in [1.165, 1.54) is 0 Å². The fourth-order valence-corrected chi connectivity index (χ4v) is 1.74. The minimum atomic E-state index is -0.799. The summed E-state index contributed by atoms with van der Waals surface area (Å²) in [5.41, 5.74) is 1.25. The summed E-state index contributed by atoms with van der Waals surface area (Å²) < 4.78 is 26.0. The largest absolute Gasteiger partial charge is 0.322 e. The maximum atomic E-state index is 13.0. The van der Waals surface area contributed by atoms with Gasteiger partial charge in [0.25, 0.3) is 5.91 Å². The van der Waals surface area contributed by atoms with Crippen molar-refractivity contribution in [3.63, 3.8) is 0 Å². The van der Waals surface area contributed by atoms with Gasteiger partial charge < -0.3 is 5.32 Å². The third-order valence-corrected chi connectivity index (χ3v) is 2.96. The predicted molar refractivity (Wildman–Crippen MR) is 70.5 cm³/mol. The highest BCUT2D eigenvalue weighted by Gasteiger charge is 2.10. The number of halogens is 3. The Morgan fingerprint density at radius 1 is 1.11 bits per heavy atom. The summed E-state index contributed by atoms with van der Waals surface area (Å²) in [4.78, 5) is 11.8. The van der Waals surface area contributed by atoms with Crippen LogP contribution in [0, 0.1) is 18.6 Å². The summed E-state index contributed by atoms with van der Waals surface area (Å²) in [5.74, 6) is -2.20. The van der Waals surface area contributed by atoms with Gasteiger partial charge in [0.2, 0.25) is 0 Å². The normalized spacial score (nSPS) is 10.3. The molecule has 0 aromatic heterocycles. The number of anilines is 1. The smallest absolute Gasteiger partial charge is 0.255 e. The number of amides is 1. The topological polar surface area (TPSA) is 29.1 Å². The zero-order chi connectivity index (χ0) is 14.0. The monoisotopic (exact) mass is 281 g/mol. The molecule has 0 aliphatic carbocycles. The van der Waals surface area contributed by atoms with Gasteiger partial charge in [0.15, 0.2) is 0 Å². The van der Waals surface area contributed by atoms with Crippen molar-refractivity contribution >= 4 is 23.2 Å². The van der Waals surface area contributed by atoms with E-state index < -0.39 is 17.5 Å². The Morgan fingerprint density at radius 3 is 2.32 bits per heavy atom. The maximum absolute atomic E-state index is 13.0. The summed E-state index contributed by atoms with van der Waals surface area (Å²) in [5, 5.41) is 3.03. The first-order valence-electron chi connectivity index (χ1n) is 5.49. The molecule has 0 bridgehead atoms. The molecule has 0 atom stereocenters. The highest BCUT2D eigenvalue weighted by Crippen LogP contribution is 2.20. The molecule has 0 saturated carbocycles. The van der Waals surface area contributed by atoms with Crippen molar-refractivity contribution in [3.05, 3.63) is 64.2 Å². The Hall–Kier alpha value is -1.94. The molecule has 0 fully saturated rings. The van der Waals surface area contributed by atoms with Gasteiger partial charge in [-0.2, -0.15) is 0 Å². The van der Waals surface area contributed by atoms with Gasteiger partial charge in [0.1, 0.15) is 11.6 Å². The summed E-state index contributed by atoms with van der Waals surface area (Å²) in [6, 6.07) is 7.62. The van der Waals surface area contributed by atoms with Crippen molar-refractivity contribution in [3.8, 4) is 0 Å². The molecule has 2 nitrogen and oxygen atoms in total. The molecule has 2 aromatic rings. The number of carbonyl (C=O) groups is 1. The van der Waals surface area contributed by atoms with E-state index in [9.17, 15) is 13.6 Å². The Morgan fingerprint density at radius 2 is 1.74 bits per heavy atom. The average Bonchev–Trinajstić information content (AvgIpc) is 2.32. The van der Waals surface area contributed by atoms with Crippen molar-refractivity contribution in [1.29, 1.82) is 0 Å². The van der Waals surface area contributed by atoms with Crippen LogP contribution in [-0.2, 0) is 0 Å². The molecule has 0 saturated heterocycles. The van der Waals surface area contributed by atoms with Crippen LogP contribution < -0.4 is 5.32 Å². The molecule has 0 unspecified atom stereocenters. The molecule has 0 spiro atoms. The van der Waals surface area contributed by atoms with Gasteiger partial charge in [-0.05, 0) is 36.8 Å². The predicted octanol–water partition coefficient (Wildman–Crippen LogP) is 4.18. The van der Waals surface area contributed by atoms with Gasteiger partial charge in [-0.25, -0.2) is 8.78 Å². The lowest BCUT2D eigenvalue weighted by atomic mass is 10.2. The van der Waals surface area contributed by atoms with Crippen LogP contribution in [0.3, 0.4) is 0 Å². The minimum Gasteiger partial charge on any atom is -0.322 e. The Kier molecular flexibility index (Phi) is 3.81. The summed E-state index contributed by atoms with van der Waals surface area (Å²) in [6.07, 6.45) is 0. The maximum Gasteiger partial charge on any atom is 0.255 e. The van der Waals surface area contributed by atoms with Gasteiger partial charge in [-0.3, -0.25) is 4.79 Å². The van der Waals surface area contributed by atoms with Crippen molar-refractivity contribution < 1.29 is 13.6 Å². The second-order valence-electron chi connectivity index (χ2n) is 4.08. The molecule has 0 aliphatic heterocycles. The SMILES string of the molecule is Cc1ccc(NC(=O)c2cc(F)cc(F)c2)cc1Cl. The number of hydrogen-bond acceptors (Lipinski definition) is 1. The summed E-state index contributed by atoms with van der Waals surface area (Å²) >= 11 is 5.92. The van der Waals surface area contributed by atoms with Crippen molar-refractivity contribution in [1.82, 2.24) is 0 Å². The molecule has 1 N–H and O–H groups in total. The second kappa shape index (κ2) is 5.36. The molecule has 19 heavy (non-hydrogen) atoms. The average molecular weight is 282 g/mol. The number of hydrogen-bond donors (Lipinski definition) is 1. The van der Waals surface area contributed by atoms with E-state index in [0.717, 1.165) is 17.7 Å². The van der Waals surface area contributed by atoms with Gasteiger partial charge >= 0.3 is 0 Å². The van der Waals surface area contributed by atoms with Crippen LogP contribution >= 0.6 is 11.6 Å². The Balaban J connectivity index is 2.22. The number of nitrogens with one attached hydrogen (secondary N) is 1. The van der Waals surface area contributed by atoms with E-state index in [1.54, 1.807) is 18.2 Å². The highest BCUT2D eigenvalue weighted by molar-refractivity contribution is 6.31. The van der Waals surface area contributed by atoms with E-state index in [1.807, 2.05) is 6.92 Å². The Labute approximate surface area is 114 Å². The van der Waals surface area contributed by atoms with Gasteiger partial charge in [0, 0.05) is 22.3 Å². The number of carbonyl (C=O) groups excluding carboxylic acids is 1.